The van der Waals surface area contributed by atoms with Gasteiger partial charge in [-0.1, -0.05) is 18.2 Å². The van der Waals surface area contributed by atoms with E-state index in [4.69, 9.17) is 4.84 Å². The van der Waals surface area contributed by atoms with Crippen LogP contribution in [0.2, 0.25) is 0 Å². The summed E-state index contributed by atoms with van der Waals surface area (Å²) >= 11 is 0. The molecule has 0 aliphatic heterocycles. The van der Waals surface area contributed by atoms with Gasteiger partial charge < -0.3 is 5.32 Å². The van der Waals surface area contributed by atoms with E-state index in [0.29, 0.717) is 0 Å². The fourth-order valence-electron chi connectivity index (χ4n) is 1.02. The molecule has 0 aliphatic carbocycles. The summed E-state index contributed by atoms with van der Waals surface area (Å²) in [6.07, 6.45) is 0. The van der Waals surface area contributed by atoms with Crippen LogP contribution < -0.4 is 10.8 Å². The molecule has 3 nitrogen and oxygen atoms in total. The van der Waals surface area contributed by atoms with Crippen LogP contribution >= 0.6 is 0 Å². The molecule has 2 N–H and O–H groups in total. The molecule has 3 heteroatoms. The Morgan fingerprint density at radius 3 is 2.67 bits per heavy atom. The number of rotatable bonds is 5. The van der Waals surface area contributed by atoms with Crippen LogP contribution in [0.4, 0.5) is 5.69 Å². The highest BCUT2D eigenvalue weighted by atomic mass is 16.7. The standard InChI is InChI=1S/C12H19N2O/c1-12(2,3)15-14-10-9-13-11-7-5-4-6-8-11/h4-7,13-14H,9-10H2,1-3H3. The number of hydrogen-bond acceptors (Lipinski definition) is 3. The molecule has 0 unspecified atom stereocenters. The van der Waals surface area contributed by atoms with Gasteiger partial charge >= 0.3 is 0 Å². The van der Waals surface area contributed by atoms with Crippen LogP contribution in [0.25, 0.3) is 0 Å². The molecule has 0 aromatic heterocycles. The average molecular weight is 207 g/mol. The van der Waals surface area contributed by atoms with E-state index in [0.717, 1.165) is 18.8 Å². The molecular weight excluding hydrogens is 188 g/mol. The lowest BCUT2D eigenvalue weighted by molar-refractivity contribution is -0.0706. The normalized spacial score (nSPS) is 11.4. The molecule has 0 saturated carbocycles. The van der Waals surface area contributed by atoms with E-state index >= 15 is 0 Å². The molecule has 0 fully saturated rings. The van der Waals surface area contributed by atoms with E-state index in [1.807, 2.05) is 45.0 Å². The first-order valence-corrected chi connectivity index (χ1v) is 5.19. The Morgan fingerprint density at radius 1 is 1.27 bits per heavy atom. The summed E-state index contributed by atoms with van der Waals surface area (Å²) in [4.78, 5) is 5.37. The Hall–Kier alpha value is -1.06. The third-order valence-corrected chi connectivity index (χ3v) is 1.63. The summed E-state index contributed by atoms with van der Waals surface area (Å²) in [6.45, 7) is 7.62. The highest BCUT2D eigenvalue weighted by Crippen LogP contribution is 2.04. The van der Waals surface area contributed by atoms with Crippen molar-refractivity contribution in [2.75, 3.05) is 18.4 Å². The van der Waals surface area contributed by atoms with Crippen molar-refractivity contribution in [3.8, 4) is 0 Å². The Morgan fingerprint density at radius 2 is 2.07 bits per heavy atom. The first-order chi connectivity index (χ1) is 7.08. The Bertz CT molecular complexity index is 267. The predicted molar refractivity (Wildman–Crippen MR) is 62.6 cm³/mol. The molecule has 0 saturated heterocycles. The van der Waals surface area contributed by atoms with Crippen LogP contribution in [0.1, 0.15) is 20.8 Å². The van der Waals surface area contributed by atoms with E-state index in [9.17, 15) is 0 Å². The van der Waals surface area contributed by atoms with Crippen LogP contribution in [0.3, 0.4) is 0 Å². The number of hydrogen-bond donors (Lipinski definition) is 2. The van der Waals surface area contributed by atoms with Gasteiger partial charge in [0.15, 0.2) is 0 Å². The number of hydroxylamine groups is 1. The van der Waals surface area contributed by atoms with Gasteiger partial charge in [0.2, 0.25) is 0 Å². The van der Waals surface area contributed by atoms with Gasteiger partial charge in [-0.15, -0.1) is 0 Å². The van der Waals surface area contributed by atoms with Crippen molar-refractivity contribution >= 4 is 5.69 Å². The third kappa shape index (κ3) is 6.10. The molecule has 0 atom stereocenters. The maximum absolute atomic E-state index is 5.37. The van der Waals surface area contributed by atoms with Gasteiger partial charge in [0, 0.05) is 24.8 Å². The first-order valence-electron chi connectivity index (χ1n) is 5.19. The van der Waals surface area contributed by atoms with Gasteiger partial charge in [-0.2, -0.15) is 0 Å². The number of nitrogens with one attached hydrogen (secondary N) is 2. The zero-order chi connectivity index (χ0) is 11.1. The van der Waals surface area contributed by atoms with Crippen LogP contribution in [0, 0.1) is 6.07 Å². The van der Waals surface area contributed by atoms with Gasteiger partial charge in [0.1, 0.15) is 0 Å². The van der Waals surface area contributed by atoms with Gasteiger partial charge in [-0.25, -0.2) is 5.48 Å². The van der Waals surface area contributed by atoms with Gasteiger partial charge in [-0.3, -0.25) is 4.84 Å². The van der Waals surface area contributed by atoms with Crippen molar-refractivity contribution in [2.45, 2.75) is 26.4 Å². The Kier molecular flexibility index (Phi) is 4.59. The van der Waals surface area contributed by atoms with Crippen LogP contribution in [-0.4, -0.2) is 18.7 Å². The van der Waals surface area contributed by atoms with Crippen LogP contribution in [0.5, 0.6) is 0 Å². The predicted octanol–water partition coefficient (Wildman–Crippen LogP) is 2.22. The van der Waals surface area contributed by atoms with Crippen LogP contribution in [0.15, 0.2) is 24.3 Å². The summed E-state index contributed by atoms with van der Waals surface area (Å²) in [5.41, 5.74) is 3.79. The third-order valence-electron chi connectivity index (χ3n) is 1.63. The summed E-state index contributed by atoms with van der Waals surface area (Å²) in [6, 6.07) is 10.9. The largest absolute Gasteiger partial charge is 0.383 e. The summed E-state index contributed by atoms with van der Waals surface area (Å²) < 4.78 is 0. The van der Waals surface area contributed by atoms with E-state index in [2.05, 4.69) is 16.9 Å². The quantitative estimate of drug-likeness (QED) is 0.573. The van der Waals surface area contributed by atoms with E-state index in [1.54, 1.807) is 0 Å². The zero-order valence-electron chi connectivity index (χ0n) is 9.63. The summed E-state index contributed by atoms with van der Waals surface area (Å²) in [5, 5.41) is 3.23. The highest BCUT2D eigenvalue weighted by Gasteiger charge is 2.08. The molecule has 83 valence electrons. The topological polar surface area (TPSA) is 33.3 Å². The fourth-order valence-corrected chi connectivity index (χ4v) is 1.02. The average Bonchev–Trinajstić information content (AvgIpc) is 2.17. The smallest absolute Gasteiger partial charge is 0.0812 e. The molecule has 0 heterocycles. The van der Waals surface area contributed by atoms with Crippen molar-refractivity contribution < 1.29 is 4.84 Å². The first kappa shape index (κ1) is 12.0. The lowest BCUT2D eigenvalue weighted by Gasteiger charge is -2.19. The maximum atomic E-state index is 5.37. The van der Waals surface area contributed by atoms with Crippen molar-refractivity contribution in [1.29, 1.82) is 0 Å². The molecule has 15 heavy (non-hydrogen) atoms. The molecule has 0 spiro atoms. The monoisotopic (exact) mass is 207 g/mol. The van der Waals surface area contributed by atoms with E-state index in [-0.39, 0.29) is 5.60 Å². The van der Waals surface area contributed by atoms with Crippen molar-refractivity contribution in [3.05, 3.63) is 30.3 Å². The second kappa shape index (κ2) is 5.73. The molecular formula is C12H19N2O. The van der Waals surface area contributed by atoms with E-state index < -0.39 is 0 Å². The minimum absolute atomic E-state index is 0.140. The summed E-state index contributed by atoms with van der Waals surface area (Å²) in [7, 11) is 0. The maximum Gasteiger partial charge on any atom is 0.0812 e. The SMILES string of the molecule is CC(C)(C)ONCCNc1[c]cccc1. The number of para-hydroxylation sites is 1. The molecule has 1 rings (SSSR count). The van der Waals surface area contributed by atoms with Gasteiger partial charge in [0.25, 0.3) is 0 Å². The lowest BCUT2D eigenvalue weighted by atomic mass is 10.2. The van der Waals surface area contributed by atoms with Crippen LogP contribution in [-0.2, 0) is 4.84 Å². The van der Waals surface area contributed by atoms with Gasteiger partial charge in [0.05, 0.1) is 5.60 Å². The second-order valence-electron chi connectivity index (χ2n) is 4.31. The minimum Gasteiger partial charge on any atom is -0.383 e. The number of anilines is 1. The van der Waals surface area contributed by atoms with E-state index in [1.165, 1.54) is 0 Å². The number of benzene rings is 1. The molecule has 1 aromatic carbocycles. The molecule has 1 radical (unpaired) electrons. The molecule has 1 aromatic rings. The van der Waals surface area contributed by atoms with Gasteiger partial charge in [-0.05, 0) is 26.8 Å². The van der Waals surface area contributed by atoms with Crippen molar-refractivity contribution in [1.82, 2.24) is 5.48 Å². The highest BCUT2D eigenvalue weighted by molar-refractivity contribution is 5.40. The zero-order valence-corrected chi connectivity index (χ0v) is 9.63. The minimum atomic E-state index is -0.140. The molecule has 0 bridgehead atoms. The lowest BCUT2D eigenvalue weighted by Crippen LogP contribution is -2.32. The Labute approximate surface area is 91.8 Å². The van der Waals surface area contributed by atoms with Crippen molar-refractivity contribution in [3.63, 3.8) is 0 Å². The molecule has 0 aliphatic rings. The second-order valence-corrected chi connectivity index (χ2v) is 4.31. The van der Waals surface area contributed by atoms with Crippen molar-refractivity contribution in [2.24, 2.45) is 0 Å². The molecule has 0 amide bonds. The Balaban J connectivity index is 2.08. The fraction of sp³-hybridized carbons (Fsp3) is 0.500. The summed E-state index contributed by atoms with van der Waals surface area (Å²) in [5.74, 6) is 0.